The summed E-state index contributed by atoms with van der Waals surface area (Å²) in [5.74, 6) is 2.69. The molecule has 3 aliphatic carbocycles. The van der Waals surface area contributed by atoms with E-state index in [-0.39, 0.29) is 28.4 Å². The third-order valence-corrected chi connectivity index (χ3v) is 9.71. The lowest BCUT2D eigenvalue weighted by Gasteiger charge is -2.33. The maximum atomic E-state index is 13.4. The number of nitrogens with one attached hydrogen (secondary N) is 1. The van der Waals surface area contributed by atoms with Crippen LogP contribution in [-0.4, -0.2) is 52.0 Å². The number of ketones is 2. The van der Waals surface area contributed by atoms with E-state index in [1.165, 1.54) is 6.92 Å². The molecule has 6 nitrogen and oxygen atoms in total. The third kappa shape index (κ3) is 4.38. The van der Waals surface area contributed by atoms with Gasteiger partial charge in [-0.2, -0.15) is 23.5 Å². The lowest BCUT2D eigenvalue weighted by atomic mass is 9.77. The number of nitrogens with zero attached hydrogens (tertiary/aromatic N) is 1. The minimum Gasteiger partial charge on any atom is -0.318 e. The lowest BCUT2D eigenvalue weighted by molar-refractivity contribution is -0.140. The van der Waals surface area contributed by atoms with Crippen LogP contribution in [0.25, 0.3) is 11.1 Å². The van der Waals surface area contributed by atoms with E-state index in [1.54, 1.807) is 0 Å². The van der Waals surface area contributed by atoms with Crippen LogP contribution in [0.1, 0.15) is 76.6 Å². The summed E-state index contributed by atoms with van der Waals surface area (Å²) in [6, 6.07) is 8.44. The van der Waals surface area contributed by atoms with Gasteiger partial charge in [0.25, 0.3) is 0 Å². The molecule has 0 aromatic heterocycles. The molecule has 37 heavy (non-hydrogen) atoms. The molecule has 8 heteroatoms. The maximum Gasteiger partial charge on any atom is 0.331 e. The van der Waals surface area contributed by atoms with Crippen molar-refractivity contribution in [1.29, 1.82) is 5.41 Å². The highest BCUT2D eigenvalue weighted by atomic mass is 32.2. The van der Waals surface area contributed by atoms with E-state index in [0.29, 0.717) is 36.8 Å². The first-order valence-corrected chi connectivity index (χ1v) is 15.0. The zero-order valence-electron chi connectivity index (χ0n) is 21.4. The third-order valence-electron chi connectivity index (χ3n) is 7.50. The molecule has 0 spiro atoms. The second-order valence-corrected chi connectivity index (χ2v) is 12.3. The molecule has 0 aliphatic heterocycles. The molecule has 0 saturated carbocycles. The number of carbonyl (C=O) groups excluding carboxylic acids is 3. The predicted octanol–water partition coefficient (Wildman–Crippen LogP) is 5.66. The molecule has 0 saturated heterocycles. The zero-order valence-corrected chi connectivity index (χ0v) is 23.0. The van der Waals surface area contributed by atoms with Crippen LogP contribution in [0.5, 0.6) is 0 Å². The predicted molar refractivity (Wildman–Crippen MR) is 151 cm³/mol. The molecule has 5 rings (SSSR count). The molecule has 0 heterocycles. The first kappa shape index (κ1) is 25.9. The second-order valence-electron chi connectivity index (χ2n) is 9.72. The van der Waals surface area contributed by atoms with E-state index in [0.717, 1.165) is 56.4 Å². The average molecular weight is 535 g/mol. The second kappa shape index (κ2) is 10.2. The number of Topliss-reactive ketones (excluding diaryl/α,β-unsaturated/α-hetero) is 2. The van der Waals surface area contributed by atoms with Crippen molar-refractivity contribution in [3.63, 3.8) is 0 Å². The lowest BCUT2D eigenvalue weighted by Crippen LogP contribution is -2.33. The number of hydrogen-bond acceptors (Lipinski definition) is 8. The van der Waals surface area contributed by atoms with Gasteiger partial charge in [0.05, 0.1) is 5.71 Å². The molecular weight excluding hydrogens is 504 g/mol. The average Bonchev–Trinajstić information content (AvgIpc) is 3.14. The van der Waals surface area contributed by atoms with Crippen LogP contribution >= 0.6 is 23.5 Å². The van der Waals surface area contributed by atoms with Crippen LogP contribution < -0.4 is 0 Å². The molecule has 3 aliphatic rings. The van der Waals surface area contributed by atoms with Crippen molar-refractivity contribution in [3.8, 4) is 11.1 Å². The fraction of sp³-hybridized carbons (Fsp3) is 0.414. The summed E-state index contributed by atoms with van der Waals surface area (Å²) in [4.78, 5) is 42.5. The van der Waals surface area contributed by atoms with Crippen LogP contribution in [-0.2, 0) is 27.9 Å². The summed E-state index contributed by atoms with van der Waals surface area (Å²) in [5, 5.41) is 12.0. The van der Waals surface area contributed by atoms with Crippen LogP contribution in [0.15, 0.2) is 29.4 Å². The highest BCUT2D eigenvalue weighted by Gasteiger charge is 2.45. The van der Waals surface area contributed by atoms with Crippen LogP contribution in [0.3, 0.4) is 0 Å². The number of thioether (sulfide) groups is 2. The van der Waals surface area contributed by atoms with Crippen molar-refractivity contribution in [3.05, 3.63) is 57.6 Å². The van der Waals surface area contributed by atoms with Crippen LogP contribution in [0.4, 0.5) is 0 Å². The van der Waals surface area contributed by atoms with Gasteiger partial charge in [-0.05, 0) is 76.3 Å². The van der Waals surface area contributed by atoms with Gasteiger partial charge in [0, 0.05) is 41.4 Å². The first-order valence-electron chi connectivity index (χ1n) is 12.7. The highest BCUT2D eigenvalue weighted by molar-refractivity contribution is 8.00. The van der Waals surface area contributed by atoms with Crippen LogP contribution in [0, 0.1) is 5.41 Å². The van der Waals surface area contributed by atoms with Gasteiger partial charge in [0.2, 0.25) is 11.6 Å². The van der Waals surface area contributed by atoms with Gasteiger partial charge in [-0.3, -0.25) is 9.59 Å². The Bertz CT molecular complexity index is 1370. The molecule has 0 bridgehead atoms. The molecular formula is C29H30N2O4S2. The molecule has 192 valence electrons. The van der Waals surface area contributed by atoms with Gasteiger partial charge in [0.1, 0.15) is 5.71 Å². The monoisotopic (exact) mass is 534 g/mol. The van der Waals surface area contributed by atoms with E-state index >= 15 is 0 Å². The van der Waals surface area contributed by atoms with Gasteiger partial charge in [-0.15, -0.1) is 0 Å². The topological polar surface area (TPSA) is 96.7 Å². The zero-order chi connectivity index (χ0) is 26.3. The molecule has 0 atom stereocenters. The summed E-state index contributed by atoms with van der Waals surface area (Å²) >= 11 is 3.73. The van der Waals surface area contributed by atoms with E-state index in [4.69, 9.17) is 10.2 Å². The smallest absolute Gasteiger partial charge is 0.318 e. The van der Waals surface area contributed by atoms with Crippen molar-refractivity contribution >= 4 is 52.5 Å². The number of carbonyl (C=O) groups is 3. The van der Waals surface area contributed by atoms with E-state index < -0.39 is 5.97 Å². The Balaban J connectivity index is 1.72. The maximum absolute atomic E-state index is 13.4. The largest absolute Gasteiger partial charge is 0.331 e. The Hall–Kier alpha value is -2.71. The Labute approximate surface area is 225 Å². The summed E-state index contributed by atoms with van der Waals surface area (Å²) in [6.45, 7) is 5.56. The van der Waals surface area contributed by atoms with Crippen molar-refractivity contribution in [2.24, 2.45) is 5.16 Å². The van der Waals surface area contributed by atoms with Gasteiger partial charge in [0.15, 0.2) is 0 Å². The molecule has 0 unspecified atom stereocenters. The normalized spacial score (nSPS) is 18.4. The number of benzene rings is 2. The first-order chi connectivity index (χ1) is 17.8. The number of fused-ring (bicyclic) bond motifs is 5. The van der Waals surface area contributed by atoms with Crippen molar-refractivity contribution in [1.82, 2.24) is 0 Å². The minimum absolute atomic E-state index is 0.166. The summed E-state index contributed by atoms with van der Waals surface area (Å²) in [5.41, 5.74) is 7.92. The number of hydrogen-bond donors (Lipinski definition) is 1. The Morgan fingerprint density at radius 3 is 1.95 bits per heavy atom. The minimum atomic E-state index is -0.547. The summed E-state index contributed by atoms with van der Waals surface area (Å²) in [6.07, 6.45) is 2.24. The summed E-state index contributed by atoms with van der Waals surface area (Å²) < 4.78 is 0. The molecule has 0 radical (unpaired) electrons. The Morgan fingerprint density at radius 2 is 1.41 bits per heavy atom. The Morgan fingerprint density at radius 1 is 0.865 bits per heavy atom. The van der Waals surface area contributed by atoms with Gasteiger partial charge >= 0.3 is 5.97 Å². The van der Waals surface area contributed by atoms with Crippen molar-refractivity contribution in [2.45, 2.75) is 51.9 Å². The standard InChI is InChI=1S/C29H30N2O4S2/c1-4-36-14-29(15-37-5-2)23-12-19-17(6-8-25(30)27(19)33)10-21(23)22-11-18-7-9-26(31-35-16(3)32)28(34)20(18)13-24(22)29/h10-13,30H,4-9,14-15H2,1-3H3/b30-25?,31-26+. The van der Waals surface area contributed by atoms with Crippen molar-refractivity contribution < 1.29 is 19.2 Å². The van der Waals surface area contributed by atoms with Gasteiger partial charge in [-0.25, -0.2) is 4.79 Å². The number of oxime groups is 1. The molecule has 1 N–H and O–H groups in total. The quantitative estimate of drug-likeness (QED) is 0.364. The van der Waals surface area contributed by atoms with E-state index in [2.05, 4.69) is 37.2 Å². The van der Waals surface area contributed by atoms with E-state index in [1.807, 2.05) is 29.6 Å². The highest BCUT2D eigenvalue weighted by Crippen LogP contribution is 2.54. The number of aryl methyl sites for hydroxylation is 2. The fourth-order valence-corrected chi connectivity index (χ4v) is 7.74. The van der Waals surface area contributed by atoms with Gasteiger partial charge < -0.3 is 10.2 Å². The van der Waals surface area contributed by atoms with Crippen molar-refractivity contribution in [2.75, 3.05) is 23.0 Å². The SMILES string of the molecule is CCSCC1(CSCC)c2cc3c(cc2-c2cc4c(cc21)C(=O)/C(=N/OC(C)=O)CC4)CCC(=N)C3=O. The Kier molecular flexibility index (Phi) is 7.16. The summed E-state index contributed by atoms with van der Waals surface area (Å²) in [7, 11) is 0. The molecule has 2 aromatic rings. The molecule has 0 amide bonds. The van der Waals surface area contributed by atoms with E-state index in [9.17, 15) is 14.4 Å². The molecule has 2 aromatic carbocycles. The number of rotatable bonds is 7. The van der Waals surface area contributed by atoms with Crippen LogP contribution in [0.2, 0.25) is 0 Å². The fourth-order valence-electron chi connectivity index (χ4n) is 5.68. The van der Waals surface area contributed by atoms with Gasteiger partial charge in [-0.1, -0.05) is 31.1 Å². The molecule has 0 fully saturated rings.